The molecule has 2 aromatic carbocycles. The predicted molar refractivity (Wildman–Crippen MR) is 93.7 cm³/mol. The smallest absolute Gasteiger partial charge is 0.253 e. The largest absolute Gasteiger partial charge is 0.348 e. The van der Waals surface area contributed by atoms with Crippen molar-refractivity contribution in [1.29, 1.82) is 0 Å². The van der Waals surface area contributed by atoms with Crippen LogP contribution in [0.15, 0.2) is 54.6 Å². The van der Waals surface area contributed by atoms with Crippen molar-refractivity contribution in [2.45, 2.75) is 13.0 Å². The molecule has 0 radical (unpaired) electrons. The summed E-state index contributed by atoms with van der Waals surface area (Å²) in [7, 11) is 0. The fourth-order valence-electron chi connectivity index (χ4n) is 2.78. The topological polar surface area (TPSA) is 70.2 Å². The fraction of sp³-hybridized carbons (Fsp3) is 0.263. The van der Waals surface area contributed by atoms with Gasteiger partial charge in [0.2, 0.25) is 5.91 Å². The molecule has 1 atom stereocenters. The minimum absolute atomic E-state index is 0.0366. The SMILES string of the molecule is O=C(NCc1ccccc1)c1ccccc1NC(=O)C1CCNC1. The molecular formula is C19H21N3O2. The van der Waals surface area contributed by atoms with Crippen LogP contribution in [0.3, 0.4) is 0 Å². The van der Waals surface area contributed by atoms with Gasteiger partial charge in [0.15, 0.2) is 0 Å². The van der Waals surface area contributed by atoms with E-state index < -0.39 is 0 Å². The molecule has 1 aliphatic heterocycles. The van der Waals surface area contributed by atoms with Crippen molar-refractivity contribution in [2.75, 3.05) is 18.4 Å². The molecule has 0 saturated carbocycles. The lowest BCUT2D eigenvalue weighted by Crippen LogP contribution is -2.28. The molecule has 24 heavy (non-hydrogen) atoms. The highest BCUT2D eigenvalue weighted by molar-refractivity contribution is 6.04. The maximum Gasteiger partial charge on any atom is 0.253 e. The van der Waals surface area contributed by atoms with Crippen LogP contribution in [-0.2, 0) is 11.3 Å². The summed E-state index contributed by atoms with van der Waals surface area (Å²) in [4.78, 5) is 24.8. The van der Waals surface area contributed by atoms with Gasteiger partial charge in [-0.05, 0) is 30.7 Å². The van der Waals surface area contributed by atoms with E-state index in [2.05, 4.69) is 16.0 Å². The van der Waals surface area contributed by atoms with Gasteiger partial charge < -0.3 is 16.0 Å². The second-order valence-corrected chi connectivity index (χ2v) is 5.89. The lowest BCUT2D eigenvalue weighted by molar-refractivity contribution is -0.119. The van der Waals surface area contributed by atoms with Gasteiger partial charge in [-0.25, -0.2) is 0 Å². The first-order valence-corrected chi connectivity index (χ1v) is 8.17. The van der Waals surface area contributed by atoms with Crippen LogP contribution in [0.2, 0.25) is 0 Å². The van der Waals surface area contributed by atoms with Crippen molar-refractivity contribution in [2.24, 2.45) is 5.92 Å². The normalized spacial score (nSPS) is 16.6. The van der Waals surface area contributed by atoms with Crippen LogP contribution in [0.5, 0.6) is 0 Å². The van der Waals surface area contributed by atoms with Crippen LogP contribution < -0.4 is 16.0 Å². The maximum absolute atomic E-state index is 12.5. The van der Waals surface area contributed by atoms with E-state index in [-0.39, 0.29) is 17.7 Å². The Balaban J connectivity index is 1.66. The first kappa shape index (κ1) is 16.2. The van der Waals surface area contributed by atoms with Gasteiger partial charge in [-0.3, -0.25) is 9.59 Å². The lowest BCUT2D eigenvalue weighted by Gasteiger charge is -2.14. The number of carbonyl (C=O) groups is 2. The zero-order valence-corrected chi connectivity index (χ0v) is 13.4. The van der Waals surface area contributed by atoms with Crippen LogP contribution in [0, 0.1) is 5.92 Å². The second-order valence-electron chi connectivity index (χ2n) is 5.89. The molecule has 0 aromatic heterocycles. The first-order chi connectivity index (χ1) is 11.7. The fourth-order valence-corrected chi connectivity index (χ4v) is 2.78. The van der Waals surface area contributed by atoms with Crippen molar-refractivity contribution in [3.8, 4) is 0 Å². The van der Waals surface area contributed by atoms with E-state index in [1.54, 1.807) is 18.2 Å². The van der Waals surface area contributed by atoms with E-state index in [1.165, 1.54) is 0 Å². The van der Waals surface area contributed by atoms with Crippen LogP contribution in [-0.4, -0.2) is 24.9 Å². The molecule has 0 aliphatic carbocycles. The number of anilines is 1. The number of rotatable bonds is 5. The molecule has 1 heterocycles. The third kappa shape index (κ3) is 4.00. The van der Waals surface area contributed by atoms with Gasteiger partial charge in [0.05, 0.1) is 17.2 Å². The lowest BCUT2D eigenvalue weighted by atomic mass is 10.1. The van der Waals surface area contributed by atoms with E-state index in [0.29, 0.717) is 24.3 Å². The number of nitrogens with one attached hydrogen (secondary N) is 3. The van der Waals surface area contributed by atoms with Gasteiger partial charge in [-0.15, -0.1) is 0 Å². The highest BCUT2D eigenvalue weighted by atomic mass is 16.2. The minimum atomic E-state index is -0.195. The molecule has 124 valence electrons. The maximum atomic E-state index is 12.5. The number of carbonyl (C=O) groups excluding carboxylic acids is 2. The number of benzene rings is 2. The monoisotopic (exact) mass is 323 g/mol. The average Bonchev–Trinajstić information content (AvgIpc) is 3.16. The van der Waals surface area contributed by atoms with E-state index >= 15 is 0 Å². The summed E-state index contributed by atoms with van der Waals surface area (Å²) < 4.78 is 0. The first-order valence-electron chi connectivity index (χ1n) is 8.17. The molecule has 1 saturated heterocycles. The van der Waals surface area contributed by atoms with Crippen molar-refractivity contribution in [1.82, 2.24) is 10.6 Å². The van der Waals surface area contributed by atoms with Gasteiger partial charge >= 0.3 is 0 Å². The summed E-state index contributed by atoms with van der Waals surface area (Å²) in [6, 6.07) is 16.8. The Kier molecular flexibility index (Phi) is 5.23. The van der Waals surface area contributed by atoms with E-state index in [1.807, 2.05) is 36.4 Å². The number of amides is 2. The summed E-state index contributed by atoms with van der Waals surface area (Å²) in [6.07, 6.45) is 0.828. The Bertz CT molecular complexity index is 710. The molecule has 3 rings (SSSR count). The Morgan fingerprint density at radius 1 is 1.04 bits per heavy atom. The van der Waals surface area contributed by atoms with Crippen LogP contribution in [0.1, 0.15) is 22.3 Å². The number of hydrogen-bond acceptors (Lipinski definition) is 3. The van der Waals surface area contributed by atoms with E-state index in [0.717, 1.165) is 18.5 Å². The Labute approximate surface area is 141 Å². The molecule has 1 unspecified atom stereocenters. The average molecular weight is 323 g/mol. The third-order valence-electron chi connectivity index (χ3n) is 4.16. The van der Waals surface area contributed by atoms with Gasteiger partial charge in [-0.1, -0.05) is 42.5 Å². The standard InChI is InChI=1S/C19H21N3O2/c23-18(15-10-11-20-13-15)22-17-9-5-4-8-16(17)19(24)21-12-14-6-2-1-3-7-14/h1-9,15,20H,10-13H2,(H,21,24)(H,22,23). The van der Waals surface area contributed by atoms with Crippen molar-refractivity contribution >= 4 is 17.5 Å². The molecule has 5 nitrogen and oxygen atoms in total. The molecule has 0 spiro atoms. The molecule has 3 N–H and O–H groups in total. The highest BCUT2D eigenvalue weighted by Crippen LogP contribution is 2.18. The summed E-state index contributed by atoms with van der Waals surface area (Å²) in [6.45, 7) is 2.00. The van der Waals surface area contributed by atoms with Crippen LogP contribution >= 0.6 is 0 Å². The van der Waals surface area contributed by atoms with Crippen LogP contribution in [0.25, 0.3) is 0 Å². The zero-order chi connectivity index (χ0) is 16.8. The molecular weight excluding hydrogens is 302 g/mol. The number of hydrogen-bond donors (Lipinski definition) is 3. The van der Waals surface area contributed by atoms with E-state index in [9.17, 15) is 9.59 Å². The highest BCUT2D eigenvalue weighted by Gasteiger charge is 2.23. The van der Waals surface area contributed by atoms with Crippen molar-refractivity contribution in [3.63, 3.8) is 0 Å². The molecule has 2 amide bonds. The van der Waals surface area contributed by atoms with Crippen molar-refractivity contribution < 1.29 is 9.59 Å². The summed E-state index contributed by atoms with van der Waals surface area (Å²) in [5.41, 5.74) is 2.07. The van der Waals surface area contributed by atoms with Crippen LogP contribution in [0.4, 0.5) is 5.69 Å². The predicted octanol–water partition coefficient (Wildman–Crippen LogP) is 2.16. The second kappa shape index (κ2) is 7.75. The minimum Gasteiger partial charge on any atom is -0.348 e. The molecule has 1 aliphatic rings. The van der Waals surface area contributed by atoms with Gasteiger partial charge in [0.25, 0.3) is 5.91 Å². The van der Waals surface area contributed by atoms with Gasteiger partial charge in [0.1, 0.15) is 0 Å². The Morgan fingerprint density at radius 3 is 2.54 bits per heavy atom. The molecule has 1 fully saturated rings. The molecule has 0 bridgehead atoms. The van der Waals surface area contributed by atoms with Gasteiger partial charge in [0, 0.05) is 13.1 Å². The van der Waals surface area contributed by atoms with E-state index in [4.69, 9.17) is 0 Å². The molecule has 5 heteroatoms. The summed E-state index contributed by atoms with van der Waals surface area (Å²) in [5, 5.41) is 8.96. The Hall–Kier alpha value is -2.66. The zero-order valence-electron chi connectivity index (χ0n) is 13.4. The number of para-hydroxylation sites is 1. The van der Waals surface area contributed by atoms with Crippen molar-refractivity contribution in [3.05, 3.63) is 65.7 Å². The van der Waals surface area contributed by atoms with Gasteiger partial charge in [-0.2, -0.15) is 0 Å². The Morgan fingerprint density at radius 2 is 1.79 bits per heavy atom. The quantitative estimate of drug-likeness (QED) is 0.790. The summed E-state index contributed by atoms with van der Waals surface area (Å²) >= 11 is 0. The summed E-state index contributed by atoms with van der Waals surface area (Å²) in [5.74, 6) is -0.270. The third-order valence-corrected chi connectivity index (χ3v) is 4.16. The molecule has 2 aromatic rings.